The summed E-state index contributed by atoms with van der Waals surface area (Å²) < 4.78 is 5.54. The number of benzene rings is 2. The lowest BCUT2D eigenvalue weighted by Gasteiger charge is -2.18. The zero-order valence-electron chi connectivity index (χ0n) is 18.7. The standard InChI is InChI=1S/C26H26N2O5S/c1-16(12-13-23(29)28-24(25(30)31)22-11-6-14-34-22)27-26(32)33-15-21-19-9-4-2-7-17(19)18-8-3-5-10-20(18)21/h2-11,14,16,21,24H,12-13,15H2,1H3,(H,27,32)(H,28,29)(H,30,31). The Bertz CT molecular complexity index is 1130. The fraction of sp³-hybridized carbons (Fsp3) is 0.269. The van der Waals surface area contributed by atoms with Gasteiger partial charge in [0.1, 0.15) is 6.61 Å². The van der Waals surface area contributed by atoms with E-state index in [0.717, 1.165) is 22.3 Å². The molecule has 7 nitrogen and oxygen atoms in total. The number of rotatable bonds is 9. The van der Waals surface area contributed by atoms with Crippen LogP contribution in [0.3, 0.4) is 0 Å². The molecular formula is C26H26N2O5S. The number of carboxylic acid groups (broad SMARTS) is 1. The van der Waals surface area contributed by atoms with Gasteiger partial charge in [0.15, 0.2) is 6.04 Å². The summed E-state index contributed by atoms with van der Waals surface area (Å²) in [5, 5.41) is 16.4. The molecule has 176 valence electrons. The predicted molar refractivity (Wildman–Crippen MR) is 130 cm³/mol. The van der Waals surface area contributed by atoms with Gasteiger partial charge in [-0.15, -0.1) is 11.3 Å². The van der Waals surface area contributed by atoms with Crippen molar-refractivity contribution in [2.45, 2.75) is 37.8 Å². The number of nitrogens with one attached hydrogen (secondary N) is 2. The van der Waals surface area contributed by atoms with Crippen LogP contribution in [0.1, 0.15) is 47.7 Å². The van der Waals surface area contributed by atoms with Crippen molar-refractivity contribution in [3.63, 3.8) is 0 Å². The van der Waals surface area contributed by atoms with E-state index in [1.807, 2.05) is 24.3 Å². The summed E-state index contributed by atoms with van der Waals surface area (Å²) in [5.74, 6) is -1.52. The highest BCUT2D eigenvalue weighted by Gasteiger charge is 2.29. The van der Waals surface area contributed by atoms with Gasteiger partial charge in [0.05, 0.1) is 0 Å². The van der Waals surface area contributed by atoms with Gasteiger partial charge in [0, 0.05) is 23.3 Å². The fourth-order valence-corrected chi connectivity index (χ4v) is 4.97. The molecule has 3 N–H and O–H groups in total. The molecule has 2 unspecified atom stereocenters. The van der Waals surface area contributed by atoms with Crippen molar-refractivity contribution < 1.29 is 24.2 Å². The van der Waals surface area contributed by atoms with Gasteiger partial charge in [-0.1, -0.05) is 54.6 Å². The van der Waals surface area contributed by atoms with Crippen LogP contribution in [-0.4, -0.2) is 35.7 Å². The predicted octanol–water partition coefficient (Wildman–Crippen LogP) is 4.70. The maximum Gasteiger partial charge on any atom is 0.407 e. The van der Waals surface area contributed by atoms with Crippen LogP contribution in [0.5, 0.6) is 0 Å². The minimum absolute atomic E-state index is 0.0237. The molecule has 0 fully saturated rings. The molecule has 0 saturated carbocycles. The number of alkyl carbamates (subject to hydrolysis) is 1. The zero-order valence-corrected chi connectivity index (χ0v) is 19.5. The monoisotopic (exact) mass is 478 g/mol. The third-order valence-electron chi connectivity index (χ3n) is 5.89. The van der Waals surface area contributed by atoms with E-state index >= 15 is 0 Å². The summed E-state index contributed by atoms with van der Waals surface area (Å²) >= 11 is 1.27. The molecule has 1 aromatic heterocycles. The van der Waals surface area contributed by atoms with Crippen molar-refractivity contribution in [3.8, 4) is 11.1 Å². The minimum Gasteiger partial charge on any atom is -0.479 e. The summed E-state index contributed by atoms with van der Waals surface area (Å²) in [6.07, 6.45) is -0.107. The second-order valence-corrected chi connectivity index (χ2v) is 9.24. The Morgan fingerprint density at radius 1 is 0.971 bits per heavy atom. The molecule has 0 bridgehead atoms. The van der Waals surface area contributed by atoms with Crippen LogP contribution in [0, 0.1) is 0 Å². The van der Waals surface area contributed by atoms with E-state index in [4.69, 9.17) is 4.74 Å². The normalized spacial score (nSPS) is 13.9. The summed E-state index contributed by atoms with van der Waals surface area (Å²) in [4.78, 5) is 36.7. The topological polar surface area (TPSA) is 105 Å². The third-order valence-corrected chi connectivity index (χ3v) is 6.83. The van der Waals surface area contributed by atoms with Gasteiger partial charge in [-0.05, 0) is 47.0 Å². The summed E-state index contributed by atoms with van der Waals surface area (Å²) in [5.41, 5.74) is 4.60. The second kappa shape index (κ2) is 10.5. The number of thiophene rings is 1. The first-order valence-electron chi connectivity index (χ1n) is 11.1. The summed E-state index contributed by atoms with van der Waals surface area (Å²) in [6, 6.07) is 18.3. The Labute approximate surface area is 201 Å². The smallest absolute Gasteiger partial charge is 0.407 e. The summed E-state index contributed by atoms with van der Waals surface area (Å²) in [6.45, 7) is 2.00. The molecular weight excluding hydrogens is 452 g/mol. The highest BCUT2D eigenvalue weighted by molar-refractivity contribution is 7.10. The molecule has 0 saturated heterocycles. The van der Waals surface area contributed by atoms with Crippen molar-refractivity contribution >= 4 is 29.3 Å². The molecule has 34 heavy (non-hydrogen) atoms. The molecule has 0 radical (unpaired) electrons. The van der Waals surface area contributed by atoms with E-state index in [-0.39, 0.29) is 30.9 Å². The lowest BCUT2D eigenvalue weighted by atomic mass is 9.98. The number of ether oxygens (including phenoxy) is 1. The fourth-order valence-electron chi connectivity index (χ4n) is 4.20. The average Bonchev–Trinajstić information content (AvgIpc) is 3.46. The zero-order chi connectivity index (χ0) is 24.1. The Morgan fingerprint density at radius 3 is 2.21 bits per heavy atom. The first-order chi connectivity index (χ1) is 16.4. The molecule has 2 aromatic carbocycles. The van der Waals surface area contributed by atoms with Crippen LogP contribution in [0.2, 0.25) is 0 Å². The molecule has 2 atom stereocenters. The first kappa shape index (κ1) is 23.5. The molecule has 0 aliphatic heterocycles. The molecule has 4 rings (SSSR count). The van der Waals surface area contributed by atoms with Crippen LogP contribution in [0.25, 0.3) is 11.1 Å². The van der Waals surface area contributed by atoms with E-state index in [1.54, 1.807) is 24.4 Å². The van der Waals surface area contributed by atoms with Gasteiger partial charge < -0.3 is 20.5 Å². The van der Waals surface area contributed by atoms with E-state index in [1.165, 1.54) is 11.3 Å². The van der Waals surface area contributed by atoms with Crippen LogP contribution in [0.15, 0.2) is 66.0 Å². The number of hydrogen-bond donors (Lipinski definition) is 3. The van der Waals surface area contributed by atoms with Crippen molar-refractivity contribution in [1.82, 2.24) is 10.6 Å². The largest absolute Gasteiger partial charge is 0.479 e. The van der Waals surface area contributed by atoms with Crippen LogP contribution in [-0.2, 0) is 14.3 Å². The maximum atomic E-state index is 12.4. The van der Waals surface area contributed by atoms with Crippen molar-refractivity contribution in [1.29, 1.82) is 0 Å². The molecule has 1 aliphatic rings. The molecule has 0 spiro atoms. The number of hydrogen-bond acceptors (Lipinski definition) is 5. The van der Waals surface area contributed by atoms with E-state index in [2.05, 4.69) is 34.9 Å². The number of carboxylic acids is 1. The molecule has 2 amide bonds. The molecule has 3 aromatic rings. The molecule has 1 aliphatic carbocycles. The van der Waals surface area contributed by atoms with Gasteiger partial charge in [-0.2, -0.15) is 0 Å². The van der Waals surface area contributed by atoms with Crippen LogP contribution >= 0.6 is 11.3 Å². The van der Waals surface area contributed by atoms with Gasteiger partial charge >= 0.3 is 12.1 Å². The SMILES string of the molecule is CC(CCC(=O)NC(C(=O)O)c1cccs1)NC(=O)OCC1c2ccccc2-c2ccccc21. The lowest BCUT2D eigenvalue weighted by Crippen LogP contribution is -2.36. The van der Waals surface area contributed by atoms with Gasteiger partial charge in [0.2, 0.25) is 5.91 Å². The number of aliphatic carboxylic acids is 1. The van der Waals surface area contributed by atoms with Crippen LogP contribution in [0.4, 0.5) is 4.79 Å². The van der Waals surface area contributed by atoms with Crippen LogP contribution < -0.4 is 10.6 Å². The Balaban J connectivity index is 1.25. The number of carbonyl (C=O) groups is 3. The Hall–Kier alpha value is -3.65. The average molecular weight is 479 g/mol. The molecule has 8 heteroatoms. The number of fused-ring (bicyclic) bond motifs is 3. The number of amides is 2. The first-order valence-corrected chi connectivity index (χ1v) is 12.0. The second-order valence-electron chi connectivity index (χ2n) is 8.26. The van der Waals surface area contributed by atoms with Crippen molar-refractivity contribution in [2.24, 2.45) is 0 Å². The Kier molecular flexibility index (Phi) is 7.27. The quantitative estimate of drug-likeness (QED) is 0.414. The van der Waals surface area contributed by atoms with Gasteiger partial charge in [-0.25, -0.2) is 9.59 Å². The van der Waals surface area contributed by atoms with Gasteiger partial charge in [0.25, 0.3) is 0 Å². The third kappa shape index (κ3) is 5.28. The number of carbonyl (C=O) groups excluding carboxylic acids is 2. The highest BCUT2D eigenvalue weighted by Crippen LogP contribution is 2.44. The highest BCUT2D eigenvalue weighted by atomic mass is 32.1. The van der Waals surface area contributed by atoms with E-state index in [9.17, 15) is 19.5 Å². The minimum atomic E-state index is -1.11. The Morgan fingerprint density at radius 2 is 1.62 bits per heavy atom. The van der Waals surface area contributed by atoms with Crippen molar-refractivity contribution in [2.75, 3.05) is 6.61 Å². The lowest BCUT2D eigenvalue weighted by molar-refractivity contribution is -0.142. The summed E-state index contributed by atoms with van der Waals surface area (Å²) in [7, 11) is 0. The molecule has 1 heterocycles. The van der Waals surface area contributed by atoms with Crippen molar-refractivity contribution in [3.05, 3.63) is 82.0 Å². The van der Waals surface area contributed by atoms with Gasteiger partial charge in [-0.3, -0.25) is 4.79 Å². The maximum absolute atomic E-state index is 12.4. The van der Waals surface area contributed by atoms with E-state index < -0.39 is 18.1 Å². The van der Waals surface area contributed by atoms with E-state index in [0.29, 0.717) is 11.3 Å².